The van der Waals surface area contributed by atoms with E-state index >= 15 is 0 Å². The van der Waals surface area contributed by atoms with Crippen LogP contribution in [0, 0.1) is 6.92 Å². The third kappa shape index (κ3) is 3.24. The molecular weight excluding hydrogens is 388 g/mol. The normalized spacial score (nSPS) is 21.1. The van der Waals surface area contributed by atoms with Gasteiger partial charge in [0, 0.05) is 42.8 Å². The minimum Gasteiger partial charge on any atom is -0.298 e. The highest BCUT2D eigenvalue weighted by Crippen LogP contribution is 2.40. The van der Waals surface area contributed by atoms with Crippen LogP contribution in [-0.2, 0) is 25.0 Å². The third-order valence-corrected chi connectivity index (χ3v) is 6.81. The predicted octanol–water partition coefficient (Wildman–Crippen LogP) is 1.16. The monoisotopic (exact) mass is 410 g/mol. The molecule has 8 nitrogen and oxygen atoms in total. The topological polar surface area (TPSA) is 85.9 Å². The van der Waals surface area contributed by atoms with Crippen molar-refractivity contribution in [1.29, 1.82) is 0 Å². The number of hydrogen-bond donors (Lipinski definition) is 0. The fourth-order valence-corrected chi connectivity index (χ4v) is 5.14. The van der Waals surface area contributed by atoms with Gasteiger partial charge in [0.15, 0.2) is 0 Å². The van der Waals surface area contributed by atoms with Gasteiger partial charge in [-0.25, -0.2) is 9.67 Å². The van der Waals surface area contributed by atoms with Crippen molar-refractivity contribution in [3.63, 3.8) is 0 Å². The summed E-state index contributed by atoms with van der Waals surface area (Å²) in [7, 11) is 0. The quantitative estimate of drug-likeness (QED) is 0.600. The molecule has 5 rings (SSSR count). The van der Waals surface area contributed by atoms with Crippen molar-refractivity contribution in [1.82, 2.24) is 29.2 Å². The second-order valence-corrected chi connectivity index (χ2v) is 9.01. The fraction of sp³-hybridized carbons (Fsp3) is 0.450. The summed E-state index contributed by atoms with van der Waals surface area (Å²) in [5.74, 6) is 0.756. The number of rotatable bonds is 4. The predicted molar refractivity (Wildman–Crippen MR) is 109 cm³/mol. The molecule has 0 radical (unpaired) electrons. The minimum atomic E-state index is -0.567. The first-order chi connectivity index (χ1) is 14.0. The second kappa shape index (κ2) is 7.00. The number of aromatic nitrogens is 5. The van der Waals surface area contributed by atoms with Crippen LogP contribution in [0.3, 0.4) is 0 Å². The maximum absolute atomic E-state index is 12.7. The van der Waals surface area contributed by atoms with Gasteiger partial charge in [-0.3, -0.25) is 24.0 Å². The number of fused-ring (bicyclic) bond motifs is 2. The van der Waals surface area contributed by atoms with Gasteiger partial charge >= 0.3 is 11.1 Å². The van der Waals surface area contributed by atoms with Gasteiger partial charge in [0.05, 0.1) is 17.2 Å². The molecule has 29 heavy (non-hydrogen) atoms. The maximum Gasteiger partial charge on any atom is 0.332 e. The second-order valence-electron chi connectivity index (χ2n) is 7.95. The molecule has 0 bridgehead atoms. The molecule has 2 aliphatic heterocycles. The molecule has 0 amide bonds. The van der Waals surface area contributed by atoms with E-state index < -0.39 is 11.1 Å². The molecule has 0 aromatic carbocycles. The van der Waals surface area contributed by atoms with Crippen molar-refractivity contribution in [3.8, 4) is 0 Å². The molecular formula is C20H22N6O2S. The standard InChI is InChI=1S/C20H22N6O2S/c1-14-22-16(12-29-14)11-26-18(28)17(27)25-9-5-20(19(25)23-26)4-8-24(13-20)10-15-2-6-21-7-3-15/h2-3,6-7,12H,4-5,8-11,13H2,1H3. The van der Waals surface area contributed by atoms with Gasteiger partial charge in [0.25, 0.3) is 0 Å². The van der Waals surface area contributed by atoms with Crippen LogP contribution in [0.4, 0.5) is 0 Å². The molecule has 1 spiro atoms. The van der Waals surface area contributed by atoms with E-state index in [9.17, 15) is 9.59 Å². The highest BCUT2D eigenvalue weighted by atomic mass is 32.1. The van der Waals surface area contributed by atoms with Gasteiger partial charge in [0.2, 0.25) is 0 Å². The lowest BCUT2D eigenvalue weighted by Gasteiger charge is -2.23. The lowest BCUT2D eigenvalue weighted by Crippen LogP contribution is -2.45. The van der Waals surface area contributed by atoms with Gasteiger partial charge < -0.3 is 0 Å². The number of likely N-dealkylation sites (tertiary alicyclic amines) is 1. The Kier molecular flexibility index (Phi) is 4.44. The number of nitrogens with zero attached hydrogens (tertiary/aromatic N) is 6. The van der Waals surface area contributed by atoms with Gasteiger partial charge in [-0.15, -0.1) is 11.3 Å². The number of pyridine rings is 1. The summed E-state index contributed by atoms with van der Waals surface area (Å²) < 4.78 is 2.91. The van der Waals surface area contributed by atoms with Crippen LogP contribution in [0.25, 0.3) is 0 Å². The van der Waals surface area contributed by atoms with Crippen LogP contribution in [0.2, 0.25) is 0 Å². The third-order valence-electron chi connectivity index (χ3n) is 5.99. The van der Waals surface area contributed by atoms with E-state index in [1.165, 1.54) is 21.6 Å². The summed E-state index contributed by atoms with van der Waals surface area (Å²) in [5, 5.41) is 7.54. The van der Waals surface area contributed by atoms with E-state index in [4.69, 9.17) is 5.10 Å². The summed E-state index contributed by atoms with van der Waals surface area (Å²) >= 11 is 1.53. The van der Waals surface area contributed by atoms with E-state index in [-0.39, 0.29) is 12.0 Å². The lowest BCUT2D eigenvalue weighted by atomic mass is 9.85. The van der Waals surface area contributed by atoms with E-state index in [0.29, 0.717) is 6.54 Å². The Hall–Kier alpha value is -2.65. The summed E-state index contributed by atoms with van der Waals surface area (Å²) in [6, 6.07) is 4.06. The molecule has 9 heteroatoms. The largest absolute Gasteiger partial charge is 0.332 e. The van der Waals surface area contributed by atoms with Gasteiger partial charge in [-0.05, 0) is 44.0 Å². The Morgan fingerprint density at radius 2 is 1.90 bits per heavy atom. The first kappa shape index (κ1) is 18.4. The van der Waals surface area contributed by atoms with E-state index in [0.717, 1.165) is 49.0 Å². The Bertz CT molecular complexity index is 1170. The molecule has 3 aromatic heterocycles. The molecule has 150 valence electrons. The van der Waals surface area contributed by atoms with Gasteiger partial charge in [0.1, 0.15) is 5.82 Å². The van der Waals surface area contributed by atoms with Gasteiger partial charge in [-0.2, -0.15) is 5.10 Å². The summed E-state index contributed by atoms with van der Waals surface area (Å²) in [5.41, 5.74) is 0.794. The minimum absolute atomic E-state index is 0.167. The van der Waals surface area contributed by atoms with Crippen LogP contribution in [-0.4, -0.2) is 42.3 Å². The van der Waals surface area contributed by atoms with Crippen molar-refractivity contribution >= 4 is 11.3 Å². The van der Waals surface area contributed by atoms with Gasteiger partial charge in [-0.1, -0.05) is 0 Å². The van der Waals surface area contributed by atoms with Crippen LogP contribution >= 0.6 is 11.3 Å². The van der Waals surface area contributed by atoms with Crippen LogP contribution in [0.5, 0.6) is 0 Å². The molecule has 0 aliphatic carbocycles. The molecule has 3 aromatic rings. The molecule has 0 saturated carbocycles. The highest BCUT2D eigenvalue weighted by molar-refractivity contribution is 7.09. The molecule has 2 aliphatic rings. The fourth-order valence-electron chi connectivity index (χ4n) is 4.54. The zero-order valence-corrected chi connectivity index (χ0v) is 17.1. The van der Waals surface area contributed by atoms with Crippen LogP contribution in [0.15, 0.2) is 39.5 Å². The van der Waals surface area contributed by atoms with Crippen molar-refractivity contribution < 1.29 is 0 Å². The Morgan fingerprint density at radius 1 is 1.10 bits per heavy atom. The molecule has 1 atom stereocenters. The Labute approximate surface area is 171 Å². The van der Waals surface area contributed by atoms with Crippen molar-refractivity contribution in [2.45, 2.75) is 44.8 Å². The summed E-state index contributed by atoms with van der Waals surface area (Å²) in [6.07, 6.45) is 5.41. The van der Waals surface area contributed by atoms with E-state index in [2.05, 4.69) is 14.9 Å². The lowest BCUT2D eigenvalue weighted by molar-refractivity contribution is 0.298. The van der Waals surface area contributed by atoms with Crippen LogP contribution in [0.1, 0.15) is 34.9 Å². The van der Waals surface area contributed by atoms with Crippen molar-refractivity contribution in [2.75, 3.05) is 13.1 Å². The summed E-state index contributed by atoms with van der Waals surface area (Å²) in [4.78, 5) is 36.2. The Morgan fingerprint density at radius 3 is 2.66 bits per heavy atom. The molecule has 0 N–H and O–H groups in total. The average molecular weight is 411 g/mol. The summed E-state index contributed by atoms with van der Waals surface area (Å²) in [6.45, 7) is 5.37. The molecule has 1 fully saturated rings. The van der Waals surface area contributed by atoms with E-state index in [1.54, 1.807) is 4.57 Å². The van der Waals surface area contributed by atoms with E-state index in [1.807, 2.05) is 36.8 Å². The van der Waals surface area contributed by atoms with Crippen molar-refractivity contribution in [2.24, 2.45) is 0 Å². The van der Waals surface area contributed by atoms with Crippen LogP contribution < -0.4 is 11.1 Å². The smallest absolute Gasteiger partial charge is 0.298 e. The number of thiazole rings is 1. The number of aryl methyl sites for hydroxylation is 1. The highest BCUT2D eigenvalue weighted by Gasteiger charge is 2.47. The zero-order valence-electron chi connectivity index (χ0n) is 16.2. The first-order valence-electron chi connectivity index (χ1n) is 9.79. The average Bonchev–Trinajstić information content (AvgIpc) is 3.41. The maximum atomic E-state index is 12.7. The number of hydrogen-bond acceptors (Lipinski definition) is 7. The molecule has 1 unspecified atom stereocenters. The Balaban J connectivity index is 1.46. The SMILES string of the molecule is Cc1nc(Cn2nc3n(c(=O)c2=O)CCC32CCN(Cc3ccncc3)C2)cs1. The zero-order chi connectivity index (χ0) is 20.0. The first-order valence-corrected chi connectivity index (χ1v) is 10.7. The molecule has 1 saturated heterocycles. The molecule has 5 heterocycles. The van der Waals surface area contributed by atoms with Crippen molar-refractivity contribution in [3.05, 3.63) is 72.7 Å².